The molecule has 0 atom stereocenters. The SMILES string of the molecule is CC1(C)CCC(CCS)CC1. The Morgan fingerprint density at radius 3 is 2.27 bits per heavy atom. The Balaban J connectivity index is 2.25. The number of rotatable bonds is 2. The number of hydrogen-bond acceptors (Lipinski definition) is 1. The Kier molecular flexibility index (Phi) is 3.29. The molecule has 0 heterocycles. The van der Waals surface area contributed by atoms with Gasteiger partial charge in [-0.25, -0.2) is 0 Å². The van der Waals surface area contributed by atoms with Crippen LogP contribution in [0.4, 0.5) is 0 Å². The number of hydrogen-bond donors (Lipinski definition) is 1. The van der Waals surface area contributed by atoms with Gasteiger partial charge in [0.25, 0.3) is 0 Å². The van der Waals surface area contributed by atoms with E-state index >= 15 is 0 Å². The maximum Gasteiger partial charge on any atom is -0.00953 e. The van der Waals surface area contributed by atoms with Gasteiger partial charge in [0, 0.05) is 0 Å². The molecule has 0 radical (unpaired) electrons. The Hall–Kier alpha value is 0.350. The minimum Gasteiger partial charge on any atom is -0.179 e. The molecule has 0 spiro atoms. The molecule has 1 rings (SSSR count). The van der Waals surface area contributed by atoms with Crippen LogP contribution in [0.5, 0.6) is 0 Å². The third-order valence-corrected chi connectivity index (χ3v) is 3.25. The lowest BCUT2D eigenvalue weighted by molar-refractivity contribution is 0.189. The van der Waals surface area contributed by atoms with E-state index in [4.69, 9.17) is 0 Å². The minimum absolute atomic E-state index is 0.632. The van der Waals surface area contributed by atoms with Crippen LogP contribution >= 0.6 is 12.6 Å². The summed E-state index contributed by atoms with van der Waals surface area (Å²) in [7, 11) is 0. The van der Waals surface area contributed by atoms with E-state index in [9.17, 15) is 0 Å². The molecular weight excluding hydrogens is 152 g/mol. The van der Waals surface area contributed by atoms with Crippen molar-refractivity contribution < 1.29 is 0 Å². The largest absolute Gasteiger partial charge is 0.179 e. The van der Waals surface area contributed by atoms with E-state index in [2.05, 4.69) is 26.5 Å². The second-order valence-corrected chi connectivity index (χ2v) is 5.07. The van der Waals surface area contributed by atoms with Crippen LogP contribution in [0.2, 0.25) is 0 Å². The normalized spacial score (nSPS) is 25.4. The second-order valence-electron chi connectivity index (χ2n) is 4.62. The van der Waals surface area contributed by atoms with Crippen LogP contribution in [0.15, 0.2) is 0 Å². The monoisotopic (exact) mass is 172 g/mol. The van der Waals surface area contributed by atoms with Crippen LogP contribution < -0.4 is 0 Å². The first-order chi connectivity index (χ1) is 5.14. The van der Waals surface area contributed by atoms with E-state index in [1.54, 1.807) is 0 Å². The molecule has 0 aromatic carbocycles. The van der Waals surface area contributed by atoms with Gasteiger partial charge in [-0.1, -0.05) is 13.8 Å². The molecule has 0 saturated heterocycles. The van der Waals surface area contributed by atoms with Crippen molar-refractivity contribution in [3.8, 4) is 0 Å². The van der Waals surface area contributed by atoms with Gasteiger partial charge >= 0.3 is 0 Å². The summed E-state index contributed by atoms with van der Waals surface area (Å²) in [4.78, 5) is 0. The van der Waals surface area contributed by atoms with Crippen LogP contribution in [-0.4, -0.2) is 5.75 Å². The van der Waals surface area contributed by atoms with Crippen LogP contribution in [0.3, 0.4) is 0 Å². The molecule has 0 nitrogen and oxygen atoms in total. The molecule has 1 heteroatoms. The fourth-order valence-electron chi connectivity index (χ4n) is 1.93. The van der Waals surface area contributed by atoms with Crippen molar-refractivity contribution >= 4 is 12.6 Å². The maximum absolute atomic E-state index is 4.27. The zero-order chi connectivity index (χ0) is 8.32. The van der Waals surface area contributed by atoms with Gasteiger partial charge in [0.2, 0.25) is 0 Å². The molecule has 11 heavy (non-hydrogen) atoms. The quantitative estimate of drug-likeness (QED) is 0.605. The van der Waals surface area contributed by atoms with Crippen LogP contribution in [0.25, 0.3) is 0 Å². The Labute approximate surface area is 76.2 Å². The molecule has 0 aromatic rings. The lowest BCUT2D eigenvalue weighted by Gasteiger charge is -2.34. The van der Waals surface area contributed by atoms with Crippen molar-refractivity contribution in [3.63, 3.8) is 0 Å². The highest BCUT2D eigenvalue weighted by Crippen LogP contribution is 2.39. The lowest BCUT2D eigenvalue weighted by atomic mass is 9.72. The average Bonchev–Trinajstić information content (AvgIpc) is 1.94. The first-order valence-electron chi connectivity index (χ1n) is 4.75. The predicted octanol–water partition coefficient (Wildman–Crippen LogP) is 3.52. The van der Waals surface area contributed by atoms with Crippen molar-refractivity contribution in [2.75, 3.05) is 5.75 Å². The Morgan fingerprint density at radius 2 is 1.82 bits per heavy atom. The van der Waals surface area contributed by atoms with Crippen molar-refractivity contribution in [2.45, 2.75) is 46.0 Å². The molecule has 66 valence electrons. The average molecular weight is 172 g/mol. The maximum atomic E-state index is 4.27. The molecule has 0 amide bonds. The van der Waals surface area contributed by atoms with Gasteiger partial charge in [-0.05, 0) is 49.2 Å². The summed E-state index contributed by atoms with van der Waals surface area (Å²) < 4.78 is 0. The third kappa shape index (κ3) is 3.06. The fourth-order valence-corrected chi connectivity index (χ4v) is 2.30. The molecule has 1 aliphatic carbocycles. The summed E-state index contributed by atoms with van der Waals surface area (Å²) in [6.45, 7) is 4.79. The zero-order valence-electron chi connectivity index (χ0n) is 7.77. The first kappa shape index (κ1) is 9.44. The minimum atomic E-state index is 0.632. The highest BCUT2D eigenvalue weighted by molar-refractivity contribution is 7.80. The number of thiol groups is 1. The highest BCUT2D eigenvalue weighted by atomic mass is 32.1. The van der Waals surface area contributed by atoms with E-state index < -0.39 is 0 Å². The smallest absolute Gasteiger partial charge is 0.00953 e. The van der Waals surface area contributed by atoms with Crippen molar-refractivity contribution in [1.82, 2.24) is 0 Å². The summed E-state index contributed by atoms with van der Waals surface area (Å²) in [5, 5.41) is 0. The first-order valence-corrected chi connectivity index (χ1v) is 5.38. The molecule has 0 aliphatic heterocycles. The van der Waals surface area contributed by atoms with E-state index in [0.717, 1.165) is 11.7 Å². The summed E-state index contributed by atoms with van der Waals surface area (Å²) in [6.07, 6.45) is 7.05. The molecule has 0 N–H and O–H groups in total. The summed E-state index contributed by atoms with van der Waals surface area (Å²) in [5.41, 5.74) is 0.632. The summed E-state index contributed by atoms with van der Waals surface area (Å²) >= 11 is 4.27. The predicted molar refractivity (Wildman–Crippen MR) is 54.2 cm³/mol. The molecular formula is C10H20S. The summed E-state index contributed by atoms with van der Waals surface area (Å²) in [5.74, 6) is 2.06. The Bertz CT molecular complexity index is 108. The second kappa shape index (κ2) is 3.84. The van der Waals surface area contributed by atoms with Gasteiger partial charge in [-0.2, -0.15) is 12.6 Å². The van der Waals surface area contributed by atoms with Gasteiger partial charge in [0.15, 0.2) is 0 Å². The van der Waals surface area contributed by atoms with Crippen molar-refractivity contribution in [2.24, 2.45) is 11.3 Å². The van der Waals surface area contributed by atoms with Gasteiger partial charge in [-0.15, -0.1) is 0 Å². The van der Waals surface area contributed by atoms with E-state index in [-0.39, 0.29) is 0 Å². The molecule has 1 saturated carbocycles. The summed E-state index contributed by atoms with van der Waals surface area (Å²) in [6, 6.07) is 0. The van der Waals surface area contributed by atoms with E-state index in [1.807, 2.05) is 0 Å². The Morgan fingerprint density at radius 1 is 1.27 bits per heavy atom. The molecule has 0 bridgehead atoms. The van der Waals surface area contributed by atoms with Gasteiger partial charge in [0.1, 0.15) is 0 Å². The van der Waals surface area contributed by atoms with Crippen LogP contribution in [0.1, 0.15) is 46.0 Å². The zero-order valence-corrected chi connectivity index (χ0v) is 8.66. The van der Waals surface area contributed by atoms with Gasteiger partial charge in [-0.3, -0.25) is 0 Å². The van der Waals surface area contributed by atoms with Crippen LogP contribution in [-0.2, 0) is 0 Å². The molecule has 0 unspecified atom stereocenters. The van der Waals surface area contributed by atoms with Gasteiger partial charge in [0.05, 0.1) is 0 Å². The fraction of sp³-hybridized carbons (Fsp3) is 1.00. The molecule has 1 fully saturated rings. The van der Waals surface area contributed by atoms with E-state index in [1.165, 1.54) is 32.1 Å². The van der Waals surface area contributed by atoms with Crippen LogP contribution in [0, 0.1) is 11.3 Å². The third-order valence-electron chi connectivity index (χ3n) is 3.00. The standard InChI is InChI=1S/C10H20S/c1-10(2)6-3-9(4-7-10)5-8-11/h9,11H,3-8H2,1-2H3. The van der Waals surface area contributed by atoms with E-state index in [0.29, 0.717) is 5.41 Å². The molecule has 1 aliphatic rings. The van der Waals surface area contributed by atoms with Gasteiger partial charge < -0.3 is 0 Å². The van der Waals surface area contributed by atoms with Crippen molar-refractivity contribution in [1.29, 1.82) is 0 Å². The van der Waals surface area contributed by atoms with Crippen molar-refractivity contribution in [3.05, 3.63) is 0 Å². The lowest BCUT2D eigenvalue weighted by Crippen LogP contribution is -2.21. The molecule has 0 aromatic heterocycles. The topological polar surface area (TPSA) is 0 Å². The highest BCUT2D eigenvalue weighted by Gasteiger charge is 2.25.